The summed E-state index contributed by atoms with van der Waals surface area (Å²) in [5, 5.41) is 0.409. The second kappa shape index (κ2) is 7.79. The van der Waals surface area contributed by atoms with Crippen molar-refractivity contribution < 1.29 is 14.3 Å². The molecule has 2 aromatic carbocycles. The molecule has 1 heterocycles. The third-order valence-electron chi connectivity index (χ3n) is 4.63. The zero-order valence-corrected chi connectivity index (χ0v) is 15.6. The molecule has 0 unspecified atom stereocenters. The van der Waals surface area contributed by atoms with Crippen LogP contribution in [-0.2, 0) is 0 Å². The van der Waals surface area contributed by atoms with Crippen LogP contribution >= 0.6 is 11.6 Å². The molecule has 2 aromatic rings. The summed E-state index contributed by atoms with van der Waals surface area (Å²) in [5.41, 5.74) is 2.20. The molecule has 26 heavy (non-hydrogen) atoms. The van der Waals surface area contributed by atoms with Crippen LogP contribution in [-0.4, -0.2) is 54.9 Å². The third kappa shape index (κ3) is 3.68. The highest BCUT2D eigenvalue weighted by Gasteiger charge is 2.26. The molecule has 2 amide bonds. The van der Waals surface area contributed by atoms with Gasteiger partial charge in [-0.15, -0.1) is 0 Å². The molecule has 3 rings (SSSR count). The highest BCUT2D eigenvalue weighted by atomic mass is 35.5. The van der Waals surface area contributed by atoms with Crippen molar-refractivity contribution in [3.63, 3.8) is 0 Å². The summed E-state index contributed by atoms with van der Waals surface area (Å²) in [7, 11) is 1.54. The zero-order valence-electron chi connectivity index (χ0n) is 14.9. The maximum atomic E-state index is 12.7. The van der Waals surface area contributed by atoms with Gasteiger partial charge in [0.2, 0.25) is 0 Å². The second-order valence-corrected chi connectivity index (χ2v) is 6.66. The molecule has 0 saturated carbocycles. The Balaban J connectivity index is 1.65. The molecule has 136 valence electrons. The van der Waals surface area contributed by atoms with Crippen molar-refractivity contribution in [1.82, 2.24) is 9.80 Å². The fraction of sp³-hybridized carbons (Fsp3) is 0.300. The fourth-order valence-electron chi connectivity index (χ4n) is 3.08. The monoisotopic (exact) mass is 372 g/mol. The van der Waals surface area contributed by atoms with Crippen LogP contribution in [0, 0.1) is 6.92 Å². The van der Waals surface area contributed by atoms with Crippen LogP contribution in [0.15, 0.2) is 42.5 Å². The van der Waals surface area contributed by atoms with Crippen molar-refractivity contribution in [2.45, 2.75) is 6.92 Å². The molecule has 1 aliphatic heterocycles. The molecule has 0 spiro atoms. The molecule has 6 heteroatoms. The normalized spacial score (nSPS) is 14.3. The van der Waals surface area contributed by atoms with Gasteiger partial charge in [-0.2, -0.15) is 0 Å². The van der Waals surface area contributed by atoms with Crippen molar-refractivity contribution in [3.05, 3.63) is 64.2 Å². The van der Waals surface area contributed by atoms with E-state index >= 15 is 0 Å². The number of piperazine rings is 1. The number of carbonyl (C=O) groups is 2. The second-order valence-electron chi connectivity index (χ2n) is 6.25. The Morgan fingerprint density at radius 3 is 2.15 bits per heavy atom. The van der Waals surface area contributed by atoms with Gasteiger partial charge in [0.15, 0.2) is 0 Å². The molecule has 1 aliphatic rings. The van der Waals surface area contributed by atoms with E-state index in [9.17, 15) is 9.59 Å². The number of methoxy groups -OCH3 is 1. The van der Waals surface area contributed by atoms with Gasteiger partial charge in [-0.25, -0.2) is 0 Å². The van der Waals surface area contributed by atoms with E-state index in [-0.39, 0.29) is 11.8 Å². The number of carbonyl (C=O) groups excluding carboxylic acids is 2. The van der Waals surface area contributed by atoms with E-state index in [4.69, 9.17) is 16.3 Å². The van der Waals surface area contributed by atoms with Crippen LogP contribution < -0.4 is 4.74 Å². The molecular formula is C20H21ClN2O3. The van der Waals surface area contributed by atoms with Gasteiger partial charge in [0.25, 0.3) is 11.8 Å². The maximum absolute atomic E-state index is 12.7. The smallest absolute Gasteiger partial charge is 0.254 e. The minimum absolute atomic E-state index is 0.0164. The van der Waals surface area contributed by atoms with Crippen molar-refractivity contribution in [2.24, 2.45) is 0 Å². The first-order valence-corrected chi connectivity index (χ1v) is 8.87. The number of rotatable bonds is 3. The van der Waals surface area contributed by atoms with Crippen molar-refractivity contribution in [1.29, 1.82) is 0 Å². The summed E-state index contributed by atoms with van der Waals surface area (Å²) in [5.74, 6) is 0.470. The number of hydrogen-bond acceptors (Lipinski definition) is 3. The SMILES string of the molecule is COc1ccc(C(=O)N2CCN(C(=O)c3ccccc3C)CC2)cc1Cl. The largest absolute Gasteiger partial charge is 0.495 e. The van der Waals surface area contributed by atoms with Crippen LogP contribution in [0.1, 0.15) is 26.3 Å². The number of ether oxygens (including phenoxy) is 1. The number of nitrogens with zero attached hydrogens (tertiary/aromatic N) is 2. The summed E-state index contributed by atoms with van der Waals surface area (Å²) < 4.78 is 5.12. The molecular weight excluding hydrogens is 352 g/mol. The van der Waals surface area contributed by atoms with Crippen LogP contribution in [0.3, 0.4) is 0 Å². The van der Waals surface area contributed by atoms with E-state index in [2.05, 4.69) is 0 Å². The van der Waals surface area contributed by atoms with Gasteiger partial charge in [-0.3, -0.25) is 9.59 Å². The Morgan fingerprint density at radius 1 is 0.962 bits per heavy atom. The lowest BCUT2D eigenvalue weighted by atomic mass is 10.1. The average Bonchev–Trinajstić information content (AvgIpc) is 2.67. The molecule has 5 nitrogen and oxygen atoms in total. The number of amides is 2. The Kier molecular flexibility index (Phi) is 5.47. The quantitative estimate of drug-likeness (QED) is 0.831. The standard InChI is InChI=1S/C20H21ClN2O3/c1-14-5-3-4-6-16(14)20(25)23-11-9-22(10-12-23)19(24)15-7-8-18(26-2)17(21)13-15/h3-8,13H,9-12H2,1-2H3. The first-order chi connectivity index (χ1) is 12.5. The van der Waals surface area contributed by atoms with E-state index < -0.39 is 0 Å². The summed E-state index contributed by atoms with van der Waals surface area (Å²) in [6, 6.07) is 12.6. The zero-order chi connectivity index (χ0) is 18.7. The highest BCUT2D eigenvalue weighted by Crippen LogP contribution is 2.25. The molecule has 0 aliphatic carbocycles. The van der Waals surface area contributed by atoms with Crippen molar-refractivity contribution in [2.75, 3.05) is 33.3 Å². The molecule has 0 N–H and O–H groups in total. The number of benzene rings is 2. The van der Waals surface area contributed by atoms with E-state index in [1.165, 1.54) is 7.11 Å². The number of aryl methyl sites for hydroxylation is 1. The molecule has 0 aromatic heterocycles. The summed E-state index contributed by atoms with van der Waals surface area (Å²) in [6.45, 7) is 3.96. The Labute approximate surface area is 158 Å². The number of hydrogen-bond donors (Lipinski definition) is 0. The van der Waals surface area contributed by atoms with E-state index in [1.54, 1.807) is 28.0 Å². The van der Waals surface area contributed by atoms with Crippen molar-refractivity contribution in [3.8, 4) is 5.75 Å². The van der Waals surface area contributed by atoms with E-state index in [1.807, 2.05) is 31.2 Å². The van der Waals surface area contributed by atoms with E-state index in [0.717, 1.165) is 5.56 Å². The number of halogens is 1. The van der Waals surface area contributed by atoms with E-state index in [0.29, 0.717) is 48.1 Å². The highest BCUT2D eigenvalue weighted by molar-refractivity contribution is 6.32. The Bertz CT molecular complexity index is 830. The van der Waals surface area contributed by atoms with Gasteiger partial charge in [-0.1, -0.05) is 29.8 Å². The molecule has 1 fully saturated rings. The van der Waals surface area contributed by atoms with Gasteiger partial charge in [-0.05, 0) is 36.8 Å². The molecule has 0 radical (unpaired) electrons. The third-order valence-corrected chi connectivity index (χ3v) is 4.92. The minimum atomic E-state index is -0.0856. The van der Waals surface area contributed by atoms with Gasteiger partial charge in [0.05, 0.1) is 12.1 Å². The maximum Gasteiger partial charge on any atom is 0.254 e. The topological polar surface area (TPSA) is 49.9 Å². The van der Waals surface area contributed by atoms with Gasteiger partial charge in [0, 0.05) is 37.3 Å². The summed E-state index contributed by atoms with van der Waals surface area (Å²) in [6.07, 6.45) is 0. The average molecular weight is 373 g/mol. The Hall–Kier alpha value is -2.53. The molecule has 1 saturated heterocycles. The predicted molar refractivity (Wildman–Crippen MR) is 101 cm³/mol. The lowest BCUT2D eigenvalue weighted by Crippen LogP contribution is -2.50. The first-order valence-electron chi connectivity index (χ1n) is 8.49. The lowest BCUT2D eigenvalue weighted by molar-refractivity contribution is 0.0535. The van der Waals surface area contributed by atoms with Gasteiger partial charge in [0.1, 0.15) is 5.75 Å². The lowest BCUT2D eigenvalue weighted by Gasteiger charge is -2.35. The minimum Gasteiger partial charge on any atom is -0.495 e. The summed E-state index contributed by atoms with van der Waals surface area (Å²) >= 11 is 6.11. The Morgan fingerprint density at radius 2 is 1.58 bits per heavy atom. The van der Waals surface area contributed by atoms with Crippen molar-refractivity contribution >= 4 is 23.4 Å². The fourth-order valence-corrected chi connectivity index (χ4v) is 3.34. The first kappa shape index (κ1) is 18.3. The predicted octanol–water partition coefficient (Wildman–Crippen LogP) is 3.26. The van der Waals surface area contributed by atoms with Gasteiger partial charge >= 0.3 is 0 Å². The van der Waals surface area contributed by atoms with Crippen LogP contribution in [0.25, 0.3) is 0 Å². The van der Waals surface area contributed by atoms with Crippen LogP contribution in [0.5, 0.6) is 5.75 Å². The van der Waals surface area contributed by atoms with Gasteiger partial charge < -0.3 is 14.5 Å². The molecule has 0 bridgehead atoms. The van der Waals surface area contributed by atoms with Crippen LogP contribution in [0.4, 0.5) is 0 Å². The molecule has 0 atom stereocenters. The summed E-state index contributed by atoms with van der Waals surface area (Å²) in [4.78, 5) is 28.9. The van der Waals surface area contributed by atoms with Crippen LogP contribution in [0.2, 0.25) is 5.02 Å².